The number of aliphatic carboxylic acids is 1. The molecule has 1 fully saturated rings. The molecule has 4 nitrogen and oxygen atoms in total. The second-order valence-electron chi connectivity index (χ2n) is 5.32. The summed E-state index contributed by atoms with van der Waals surface area (Å²) in [6, 6.07) is 0.162. The Bertz CT molecular complexity index is 253. The summed E-state index contributed by atoms with van der Waals surface area (Å²) in [4.78, 5) is 13.0. The summed E-state index contributed by atoms with van der Waals surface area (Å²) in [5.41, 5.74) is -0.118. The number of hydrogen-bond donors (Lipinski definition) is 1. The van der Waals surface area contributed by atoms with Crippen LogP contribution in [0.2, 0.25) is 0 Å². The van der Waals surface area contributed by atoms with E-state index in [-0.39, 0.29) is 18.1 Å². The highest BCUT2D eigenvalue weighted by molar-refractivity contribution is 7.99. The number of ether oxygens (including phenoxy) is 1. The summed E-state index contributed by atoms with van der Waals surface area (Å²) in [6.45, 7) is 8.57. The largest absolute Gasteiger partial charge is 0.481 e. The van der Waals surface area contributed by atoms with Gasteiger partial charge < -0.3 is 9.84 Å². The van der Waals surface area contributed by atoms with E-state index in [0.717, 1.165) is 24.6 Å². The van der Waals surface area contributed by atoms with Gasteiger partial charge in [-0.1, -0.05) is 0 Å². The van der Waals surface area contributed by atoms with Crippen LogP contribution in [0.4, 0.5) is 0 Å². The van der Waals surface area contributed by atoms with Crippen molar-refractivity contribution in [1.29, 1.82) is 0 Å². The molecule has 5 heteroatoms. The van der Waals surface area contributed by atoms with Crippen LogP contribution in [0.25, 0.3) is 0 Å². The average molecular weight is 261 g/mol. The fourth-order valence-electron chi connectivity index (χ4n) is 1.84. The van der Waals surface area contributed by atoms with Gasteiger partial charge in [0, 0.05) is 30.6 Å². The third-order valence-electron chi connectivity index (χ3n) is 2.67. The third kappa shape index (κ3) is 6.29. The Morgan fingerprint density at radius 2 is 2.24 bits per heavy atom. The highest BCUT2D eigenvalue weighted by Gasteiger charge is 2.25. The normalized spacial score (nSPS) is 22.6. The Hall–Kier alpha value is -0.260. The second kappa shape index (κ2) is 6.61. The van der Waals surface area contributed by atoms with Gasteiger partial charge >= 0.3 is 5.97 Å². The van der Waals surface area contributed by atoms with Crippen LogP contribution in [0, 0.1) is 0 Å². The molecule has 1 heterocycles. The van der Waals surface area contributed by atoms with Crippen molar-refractivity contribution in [3.63, 3.8) is 0 Å². The Balaban J connectivity index is 2.35. The number of nitrogens with zero attached hydrogens (tertiary/aromatic N) is 1. The molecule has 1 aliphatic rings. The minimum absolute atomic E-state index is 0.118. The Morgan fingerprint density at radius 3 is 2.82 bits per heavy atom. The molecule has 0 radical (unpaired) electrons. The van der Waals surface area contributed by atoms with Crippen LogP contribution in [0.5, 0.6) is 0 Å². The average Bonchev–Trinajstić information content (AvgIpc) is 2.18. The lowest BCUT2D eigenvalue weighted by molar-refractivity contribution is -0.138. The van der Waals surface area contributed by atoms with Crippen LogP contribution in [0.1, 0.15) is 27.2 Å². The van der Waals surface area contributed by atoms with Gasteiger partial charge in [0.15, 0.2) is 0 Å². The molecule has 100 valence electrons. The van der Waals surface area contributed by atoms with Crippen molar-refractivity contribution in [3.8, 4) is 0 Å². The Morgan fingerprint density at radius 1 is 1.53 bits per heavy atom. The van der Waals surface area contributed by atoms with E-state index in [2.05, 4.69) is 4.90 Å². The first-order chi connectivity index (χ1) is 7.88. The third-order valence-corrected chi connectivity index (χ3v) is 3.77. The number of rotatable bonds is 5. The predicted octanol–water partition coefficient (Wildman–Crippen LogP) is 1.69. The zero-order valence-electron chi connectivity index (χ0n) is 10.9. The maximum absolute atomic E-state index is 10.8. The van der Waals surface area contributed by atoms with Gasteiger partial charge in [0.1, 0.15) is 0 Å². The van der Waals surface area contributed by atoms with Gasteiger partial charge in [-0.05, 0) is 20.8 Å². The van der Waals surface area contributed by atoms with Crippen molar-refractivity contribution < 1.29 is 14.6 Å². The van der Waals surface area contributed by atoms with Crippen LogP contribution < -0.4 is 0 Å². The van der Waals surface area contributed by atoms with Gasteiger partial charge in [-0.2, -0.15) is 11.8 Å². The molecular formula is C12H23NO3S. The highest BCUT2D eigenvalue weighted by atomic mass is 32.2. The lowest BCUT2D eigenvalue weighted by Gasteiger charge is -2.35. The van der Waals surface area contributed by atoms with Crippen molar-refractivity contribution in [1.82, 2.24) is 4.90 Å². The molecule has 0 bridgehead atoms. The molecule has 17 heavy (non-hydrogen) atoms. The van der Waals surface area contributed by atoms with E-state index in [4.69, 9.17) is 9.84 Å². The molecule has 1 rings (SSSR count). The lowest BCUT2D eigenvalue weighted by Crippen LogP contribution is -2.45. The molecular weight excluding hydrogens is 238 g/mol. The SMILES string of the molecule is CC(C)(C)OCCN1CCSCC1CC(=O)O. The van der Waals surface area contributed by atoms with Gasteiger partial charge in [0.05, 0.1) is 18.6 Å². The van der Waals surface area contributed by atoms with Crippen LogP contribution in [0.15, 0.2) is 0 Å². The van der Waals surface area contributed by atoms with E-state index in [1.807, 2.05) is 32.5 Å². The van der Waals surface area contributed by atoms with E-state index in [9.17, 15) is 4.79 Å². The van der Waals surface area contributed by atoms with Gasteiger partial charge in [-0.25, -0.2) is 0 Å². The lowest BCUT2D eigenvalue weighted by atomic mass is 10.2. The Kier molecular flexibility index (Phi) is 5.76. The van der Waals surface area contributed by atoms with E-state index in [1.54, 1.807) is 0 Å². The summed E-state index contributed by atoms with van der Waals surface area (Å²) in [5.74, 6) is 1.30. The molecule has 1 unspecified atom stereocenters. The summed E-state index contributed by atoms with van der Waals surface area (Å²) < 4.78 is 5.69. The monoisotopic (exact) mass is 261 g/mol. The van der Waals surface area contributed by atoms with Crippen LogP contribution in [0.3, 0.4) is 0 Å². The minimum atomic E-state index is -0.709. The van der Waals surface area contributed by atoms with Crippen molar-refractivity contribution >= 4 is 17.7 Å². The summed E-state index contributed by atoms with van der Waals surface area (Å²) in [5, 5.41) is 8.87. The number of thioether (sulfide) groups is 1. The van der Waals surface area contributed by atoms with Gasteiger partial charge in [-0.3, -0.25) is 9.69 Å². The topological polar surface area (TPSA) is 49.8 Å². The van der Waals surface area contributed by atoms with Crippen molar-refractivity contribution in [2.75, 3.05) is 31.2 Å². The van der Waals surface area contributed by atoms with Gasteiger partial charge in [-0.15, -0.1) is 0 Å². The van der Waals surface area contributed by atoms with Crippen molar-refractivity contribution in [3.05, 3.63) is 0 Å². The van der Waals surface area contributed by atoms with Crippen LogP contribution in [-0.4, -0.2) is 58.8 Å². The fourth-order valence-corrected chi connectivity index (χ4v) is 2.97. The maximum Gasteiger partial charge on any atom is 0.304 e. The second-order valence-corrected chi connectivity index (χ2v) is 6.47. The molecule has 1 aliphatic heterocycles. The number of hydrogen-bond acceptors (Lipinski definition) is 4. The summed E-state index contributed by atoms with van der Waals surface area (Å²) in [7, 11) is 0. The minimum Gasteiger partial charge on any atom is -0.481 e. The van der Waals surface area contributed by atoms with E-state index < -0.39 is 5.97 Å². The fraction of sp³-hybridized carbons (Fsp3) is 0.917. The molecule has 1 atom stereocenters. The molecule has 0 aromatic carbocycles. The smallest absolute Gasteiger partial charge is 0.304 e. The zero-order valence-corrected chi connectivity index (χ0v) is 11.8. The highest BCUT2D eigenvalue weighted by Crippen LogP contribution is 2.19. The number of carboxylic acid groups (broad SMARTS) is 1. The quantitative estimate of drug-likeness (QED) is 0.816. The molecule has 0 saturated carbocycles. The van der Waals surface area contributed by atoms with E-state index >= 15 is 0 Å². The first-order valence-electron chi connectivity index (χ1n) is 6.06. The molecule has 1 N–H and O–H groups in total. The first kappa shape index (κ1) is 14.8. The first-order valence-corrected chi connectivity index (χ1v) is 7.21. The van der Waals surface area contributed by atoms with E-state index in [0.29, 0.717) is 6.61 Å². The summed E-state index contributed by atoms with van der Waals surface area (Å²) >= 11 is 1.84. The number of carbonyl (C=O) groups is 1. The maximum atomic E-state index is 10.8. The summed E-state index contributed by atoms with van der Waals surface area (Å²) in [6.07, 6.45) is 0.239. The Labute approximate surface area is 108 Å². The molecule has 0 aromatic heterocycles. The van der Waals surface area contributed by atoms with Crippen molar-refractivity contribution in [2.45, 2.75) is 38.8 Å². The van der Waals surface area contributed by atoms with E-state index in [1.165, 1.54) is 0 Å². The molecule has 1 saturated heterocycles. The number of carboxylic acids is 1. The molecule has 0 aliphatic carbocycles. The standard InChI is InChI=1S/C12H23NO3S/c1-12(2,3)16-6-4-13-5-7-17-9-10(13)8-11(14)15/h10H,4-9H2,1-3H3,(H,14,15). The van der Waals surface area contributed by atoms with Crippen LogP contribution >= 0.6 is 11.8 Å². The molecule has 0 aromatic rings. The van der Waals surface area contributed by atoms with Gasteiger partial charge in [0.25, 0.3) is 0 Å². The predicted molar refractivity (Wildman–Crippen MR) is 70.6 cm³/mol. The van der Waals surface area contributed by atoms with Gasteiger partial charge in [0.2, 0.25) is 0 Å². The van der Waals surface area contributed by atoms with Crippen molar-refractivity contribution in [2.24, 2.45) is 0 Å². The molecule has 0 amide bonds. The van der Waals surface area contributed by atoms with Crippen LogP contribution in [-0.2, 0) is 9.53 Å². The molecule has 0 spiro atoms. The zero-order chi connectivity index (χ0) is 12.9.